The summed E-state index contributed by atoms with van der Waals surface area (Å²) >= 11 is 0. The summed E-state index contributed by atoms with van der Waals surface area (Å²) in [6, 6.07) is 22.1. The molecule has 0 aliphatic heterocycles. The molecule has 0 N–H and O–H groups in total. The van der Waals surface area contributed by atoms with Crippen molar-refractivity contribution >= 4 is 0 Å². The summed E-state index contributed by atoms with van der Waals surface area (Å²) in [5.74, 6) is 0. The lowest BCUT2D eigenvalue weighted by atomic mass is 9.71. The van der Waals surface area contributed by atoms with Crippen molar-refractivity contribution in [1.29, 1.82) is 0 Å². The van der Waals surface area contributed by atoms with Gasteiger partial charge in [-0.15, -0.1) is 0 Å². The van der Waals surface area contributed by atoms with Gasteiger partial charge in [0.1, 0.15) is 0 Å². The molecule has 0 amide bonds. The first-order valence-electron chi connectivity index (χ1n) is 8.26. The van der Waals surface area contributed by atoms with E-state index in [0.29, 0.717) is 5.41 Å². The Bertz CT molecular complexity index is 475. The van der Waals surface area contributed by atoms with Crippen LogP contribution in [0.5, 0.6) is 0 Å². The van der Waals surface area contributed by atoms with Crippen molar-refractivity contribution in [1.82, 2.24) is 0 Å². The summed E-state index contributed by atoms with van der Waals surface area (Å²) in [6.45, 7) is 0. The number of hydrogen-bond acceptors (Lipinski definition) is 0. The first-order valence-corrected chi connectivity index (χ1v) is 8.26. The Kier molecular flexibility index (Phi) is 4.75. The highest BCUT2D eigenvalue weighted by atomic mass is 14.4. The molecule has 109 valence electrons. The van der Waals surface area contributed by atoms with Crippen molar-refractivity contribution in [3.8, 4) is 0 Å². The van der Waals surface area contributed by atoms with Crippen molar-refractivity contribution < 1.29 is 0 Å². The Morgan fingerprint density at radius 1 is 0.667 bits per heavy atom. The van der Waals surface area contributed by atoms with Gasteiger partial charge in [0, 0.05) is 0 Å². The quantitative estimate of drug-likeness (QED) is 0.636. The maximum Gasteiger partial charge on any atom is -0.0217 e. The zero-order valence-electron chi connectivity index (χ0n) is 12.8. The lowest BCUT2D eigenvalue weighted by Gasteiger charge is -2.33. The monoisotopic (exact) mass is 277 g/mol. The van der Waals surface area contributed by atoms with Gasteiger partial charge in [-0.05, 0) is 55.1 Å². The topological polar surface area (TPSA) is 0 Å². The summed E-state index contributed by atoms with van der Waals surface area (Å²) in [4.78, 5) is 0. The van der Waals surface area contributed by atoms with E-state index < -0.39 is 0 Å². The molecule has 0 bridgehead atoms. The molecule has 1 fully saturated rings. The Morgan fingerprint density at radius 3 is 1.81 bits per heavy atom. The van der Waals surface area contributed by atoms with Crippen LogP contribution < -0.4 is 0 Å². The maximum atomic E-state index is 2.50. The molecule has 2 aromatic rings. The predicted octanol–water partition coefficient (Wildman–Crippen LogP) is 5.63. The Balaban J connectivity index is 1.83. The molecule has 0 atom stereocenters. The van der Waals surface area contributed by atoms with Crippen molar-refractivity contribution in [2.75, 3.05) is 0 Å². The van der Waals surface area contributed by atoms with Gasteiger partial charge in [0.25, 0.3) is 0 Å². The lowest BCUT2D eigenvalue weighted by molar-refractivity contribution is 0.240. The second-order valence-corrected chi connectivity index (χ2v) is 6.54. The van der Waals surface area contributed by atoms with Gasteiger partial charge in [-0.2, -0.15) is 0 Å². The van der Waals surface area contributed by atoms with Gasteiger partial charge in [0.15, 0.2) is 0 Å². The molecule has 1 radical (unpaired) electrons. The van der Waals surface area contributed by atoms with Gasteiger partial charge < -0.3 is 0 Å². The molecule has 0 saturated heterocycles. The van der Waals surface area contributed by atoms with E-state index in [4.69, 9.17) is 0 Å². The average molecular weight is 277 g/mol. The van der Waals surface area contributed by atoms with Crippen LogP contribution in [0.2, 0.25) is 0 Å². The number of benzene rings is 2. The lowest BCUT2D eigenvalue weighted by Crippen LogP contribution is -2.26. The van der Waals surface area contributed by atoms with E-state index in [2.05, 4.69) is 67.1 Å². The fraction of sp³-hybridized carbons (Fsp3) is 0.381. The first kappa shape index (κ1) is 14.4. The maximum absolute atomic E-state index is 2.50. The van der Waals surface area contributed by atoms with Gasteiger partial charge in [0.05, 0.1) is 0 Å². The molecule has 0 aromatic heterocycles. The van der Waals surface area contributed by atoms with Crippen LogP contribution in [0.1, 0.15) is 43.2 Å². The van der Waals surface area contributed by atoms with Crippen LogP contribution in [0.4, 0.5) is 0 Å². The van der Waals surface area contributed by atoms with Crippen molar-refractivity contribution in [2.45, 2.75) is 44.9 Å². The summed E-state index contributed by atoms with van der Waals surface area (Å²) < 4.78 is 0. The van der Waals surface area contributed by atoms with Gasteiger partial charge >= 0.3 is 0 Å². The molecule has 3 rings (SSSR count). The van der Waals surface area contributed by atoms with E-state index in [1.807, 2.05) is 0 Å². The van der Waals surface area contributed by atoms with E-state index >= 15 is 0 Å². The third-order valence-electron chi connectivity index (χ3n) is 4.84. The van der Waals surface area contributed by atoms with E-state index in [0.717, 1.165) is 0 Å². The summed E-state index contributed by atoms with van der Waals surface area (Å²) in [7, 11) is 0. The van der Waals surface area contributed by atoms with Crippen LogP contribution in [-0.2, 0) is 12.8 Å². The number of hydrogen-bond donors (Lipinski definition) is 0. The number of rotatable bonds is 4. The van der Waals surface area contributed by atoms with E-state index in [1.54, 1.807) is 0 Å². The minimum absolute atomic E-state index is 0.440. The largest absolute Gasteiger partial charge is 0.0622 e. The molecule has 2 aromatic carbocycles. The fourth-order valence-corrected chi connectivity index (χ4v) is 3.77. The standard InChI is InChI=1S/C21H25/c1-2-10-16-21(15-9-1,17-19-11-5-3-6-12-19)18-20-13-7-4-8-14-20/h1,3-8,11-14H,2,9-10,15-18H2. The minimum atomic E-state index is 0.440. The van der Waals surface area contributed by atoms with Crippen LogP contribution >= 0.6 is 0 Å². The SMILES string of the molecule is [CH]1CCCC(Cc2ccccc2)(Cc2ccccc2)CC1. The van der Waals surface area contributed by atoms with Crippen LogP contribution in [-0.4, -0.2) is 0 Å². The van der Waals surface area contributed by atoms with Gasteiger partial charge in [-0.1, -0.05) is 73.5 Å². The van der Waals surface area contributed by atoms with E-state index in [-0.39, 0.29) is 0 Å². The third kappa shape index (κ3) is 3.97. The van der Waals surface area contributed by atoms with Crippen molar-refractivity contribution in [2.24, 2.45) is 5.41 Å². The molecule has 1 aliphatic rings. The Hall–Kier alpha value is -1.56. The highest BCUT2D eigenvalue weighted by molar-refractivity contribution is 5.21. The fourth-order valence-electron chi connectivity index (χ4n) is 3.77. The average Bonchev–Trinajstić information content (AvgIpc) is 2.75. The molecule has 0 spiro atoms. The minimum Gasteiger partial charge on any atom is -0.0622 e. The van der Waals surface area contributed by atoms with Crippen LogP contribution in [0, 0.1) is 11.8 Å². The molecule has 1 aliphatic carbocycles. The predicted molar refractivity (Wildman–Crippen MR) is 90.1 cm³/mol. The molecular formula is C21H25. The van der Waals surface area contributed by atoms with Gasteiger partial charge in [0.2, 0.25) is 0 Å². The Labute approximate surface area is 129 Å². The summed E-state index contributed by atoms with van der Waals surface area (Å²) in [6.07, 6.45) is 11.5. The molecule has 1 saturated carbocycles. The smallest absolute Gasteiger partial charge is 0.0217 e. The molecule has 21 heavy (non-hydrogen) atoms. The molecule has 0 heterocycles. The first-order chi connectivity index (χ1) is 10.4. The summed E-state index contributed by atoms with van der Waals surface area (Å²) in [5, 5.41) is 0. The van der Waals surface area contributed by atoms with Crippen LogP contribution in [0.25, 0.3) is 0 Å². The van der Waals surface area contributed by atoms with Gasteiger partial charge in [-0.25, -0.2) is 0 Å². The van der Waals surface area contributed by atoms with Gasteiger partial charge in [-0.3, -0.25) is 0 Å². The molecule has 0 unspecified atom stereocenters. The molecule has 0 heteroatoms. The van der Waals surface area contributed by atoms with Crippen molar-refractivity contribution in [3.63, 3.8) is 0 Å². The zero-order valence-corrected chi connectivity index (χ0v) is 12.8. The van der Waals surface area contributed by atoms with E-state index in [9.17, 15) is 0 Å². The van der Waals surface area contributed by atoms with Crippen LogP contribution in [0.15, 0.2) is 60.7 Å². The highest BCUT2D eigenvalue weighted by Crippen LogP contribution is 2.40. The third-order valence-corrected chi connectivity index (χ3v) is 4.84. The van der Waals surface area contributed by atoms with E-state index in [1.165, 1.54) is 56.1 Å². The molecule has 0 nitrogen and oxygen atoms in total. The molecular weight excluding hydrogens is 252 g/mol. The second-order valence-electron chi connectivity index (χ2n) is 6.54. The Morgan fingerprint density at radius 2 is 1.24 bits per heavy atom. The van der Waals surface area contributed by atoms with Crippen LogP contribution in [0.3, 0.4) is 0 Å². The second kappa shape index (κ2) is 6.93. The summed E-state index contributed by atoms with van der Waals surface area (Å²) in [5.41, 5.74) is 3.43. The highest BCUT2D eigenvalue weighted by Gasteiger charge is 2.31. The van der Waals surface area contributed by atoms with Crippen molar-refractivity contribution in [3.05, 3.63) is 78.2 Å². The normalized spacial score (nSPS) is 18.1. The zero-order chi connectivity index (χ0) is 14.4.